The first-order valence-corrected chi connectivity index (χ1v) is 7.63. The molecule has 1 aromatic carbocycles. The number of pyridine rings is 1. The summed E-state index contributed by atoms with van der Waals surface area (Å²) < 4.78 is 5.70. The summed E-state index contributed by atoms with van der Waals surface area (Å²) in [5.41, 5.74) is 3.07. The molecular weight excluding hydrogens is 284 g/mol. The van der Waals surface area contributed by atoms with Crippen LogP contribution in [0.1, 0.15) is 30.3 Å². The number of hydrogen-bond acceptors (Lipinski definition) is 3. The number of benzene rings is 1. The second-order valence-electron chi connectivity index (χ2n) is 4.92. The molecule has 0 radical (unpaired) electrons. The Morgan fingerprint density at radius 1 is 1.10 bits per heavy atom. The molecule has 0 aliphatic heterocycles. The highest BCUT2D eigenvalue weighted by Gasteiger charge is 2.00. The quantitative estimate of drug-likeness (QED) is 0.750. The van der Waals surface area contributed by atoms with E-state index < -0.39 is 0 Å². The first kappa shape index (κ1) is 16.0. The van der Waals surface area contributed by atoms with Crippen LogP contribution in [-0.2, 0) is 24.5 Å². The molecule has 112 valence electrons. The molecule has 0 saturated carbocycles. The van der Waals surface area contributed by atoms with Gasteiger partial charge < -0.3 is 10.1 Å². The zero-order valence-electron chi connectivity index (χ0n) is 12.3. The summed E-state index contributed by atoms with van der Waals surface area (Å²) in [5.74, 6) is 0. The summed E-state index contributed by atoms with van der Waals surface area (Å²) in [7, 11) is 0. The summed E-state index contributed by atoms with van der Waals surface area (Å²) in [4.78, 5) is 4.58. The van der Waals surface area contributed by atoms with Gasteiger partial charge >= 0.3 is 0 Å². The van der Waals surface area contributed by atoms with Crippen LogP contribution >= 0.6 is 11.6 Å². The van der Waals surface area contributed by atoms with Crippen LogP contribution in [0.5, 0.6) is 0 Å². The summed E-state index contributed by atoms with van der Waals surface area (Å²) in [6, 6.07) is 13.8. The van der Waals surface area contributed by atoms with Crippen LogP contribution in [0.25, 0.3) is 0 Å². The van der Waals surface area contributed by atoms with Gasteiger partial charge in [0, 0.05) is 11.6 Å². The van der Waals surface area contributed by atoms with E-state index in [9.17, 15) is 0 Å². The predicted molar refractivity (Wildman–Crippen MR) is 86.2 cm³/mol. The maximum Gasteiger partial charge on any atom is 0.0892 e. The van der Waals surface area contributed by atoms with Crippen molar-refractivity contribution in [3.8, 4) is 0 Å². The van der Waals surface area contributed by atoms with Crippen LogP contribution in [0, 0.1) is 0 Å². The van der Waals surface area contributed by atoms with E-state index in [1.165, 1.54) is 0 Å². The molecule has 1 N–H and O–H groups in total. The fourth-order valence-corrected chi connectivity index (χ4v) is 2.21. The largest absolute Gasteiger partial charge is 0.370 e. The van der Waals surface area contributed by atoms with E-state index in [-0.39, 0.29) is 0 Å². The van der Waals surface area contributed by atoms with Crippen LogP contribution in [-0.4, -0.2) is 11.5 Å². The molecule has 0 aliphatic rings. The van der Waals surface area contributed by atoms with Gasteiger partial charge in [-0.05, 0) is 42.8 Å². The van der Waals surface area contributed by atoms with Crippen LogP contribution in [0.3, 0.4) is 0 Å². The summed E-state index contributed by atoms with van der Waals surface area (Å²) in [5, 5.41) is 4.08. The SMILES string of the molecule is CCCNCc1cccc(COCc2cccc(Cl)c2)n1. The van der Waals surface area contributed by atoms with Gasteiger partial charge in [0.05, 0.1) is 24.6 Å². The third kappa shape index (κ3) is 5.84. The predicted octanol–water partition coefficient (Wildman–Crippen LogP) is 3.95. The van der Waals surface area contributed by atoms with Crippen molar-refractivity contribution in [2.24, 2.45) is 0 Å². The van der Waals surface area contributed by atoms with Gasteiger partial charge in [-0.1, -0.05) is 36.7 Å². The Morgan fingerprint density at radius 3 is 2.71 bits per heavy atom. The van der Waals surface area contributed by atoms with E-state index in [0.717, 1.165) is 41.5 Å². The van der Waals surface area contributed by atoms with E-state index in [1.807, 2.05) is 42.5 Å². The fourth-order valence-electron chi connectivity index (χ4n) is 2.00. The Morgan fingerprint density at radius 2 is 1.90 bits per heavy atom. The molecule has 0 saturated heterocycles. The number of ether oxygens (including phenoxy) is 1. The summed E-state index contributed by atoms with van der Waals surface area (Å²) in [6.07, 6.45) is 1.13. The summed E-state index contributed by atoms with van der Waals surface area (Å²) >= 11 is 5.95. The van der Waals surface area contributed by atoms with Crippen LogP contribution in [0.4, 0.5) is 0 Å². The average molecular weight is 305 g/mol. The fraction of sp³-hybridized carbons (Fsp3) is 0.353. The molecule has 2 rings (SSSR count). The van der Waals surface area contributed by atoms with Crippen molar-refractivity contribution in [2.75, 3.05) is 6.54 Å². The molecule has 0 spiro atoms. The molecule has 0 unspecified atom stereocenters. The van der Waals surface area contributed by atoms with Crippen molar-refractivity contribution in [1.82, 2.24) is 10.3 Å². The standard InChI is InChI=1S/C17H21ClN2O/c1-2-9-19-11-16-7-4-8-17(20-16)13-21-12-14-5-3-6-15(18)10-14/h3-8,10,19H,2,9,11-13H2,1H3. The zero-order valence-corrected chi connectivity index (χ0v) is 13.1. The number of nitrogens with one attached hydrogen (secondary N) is 1. The van der Waals surface area contributed by atoms with Crippen molar-refractivity contribution < 1.29 is 4.74 Å². The number of hydrogen-bond donors (Lipinski definition) is 1. The lowest BCUT2D eigenvalue weighted by molar-refractivity contribution is 0.104. The number of aromatic nitrogens is 1. The Balaban J connectivity index is 1.81. The second-order valence-corrected chi connectivity index (χ2v) is 5.36. The minimum atomic E-state index is 0.508. The van der Waals surface area contributed by atoms with E-state index in [2.05, 4.69) is 17.2 Å². The molecule has 0 bridgehead atoms. The van der Waals surface area contributed by atoms with Crippen molar-refractivity contribution >= 4 is 11.6 Å². The maximum atomic E-state index is 5.95. The minimum Gasteiger partial charge on any atom is -0.370 e. The van der Waals surface area contributed by atoms with Crippen molar-refractivity contribution in [1.29, 1.82) is 0 Å². The Bertz CT molecular complexity index is 560. The Labute approximate surface area is 131 Å². The topological polar surface area (TPSA) is 34.1 Å². The summed E-state index contributed by atoms with van der Waals surface area (Å²) in [6.45, 7) is 5.02. The van der Waals surface area contributed by atoms with Crippen molar-refractivity contribution in [2.45, 2.75) is 33.1 Å². The first-order chi connectivity index (χ1) is 10.3. The third-order valence-electron chi connectivity index (χ3n) is 3.01. The lowest BCUT2D eigenvalue weighted by Crippen LogP contribution is -2.15. The highest BCUT2D eigenvalue weighted by Crippen LogP contribution is 2.12. The average Bonchev–Trinajstić information content (AvgIpc) is 2.48. The molecule has 1 aromatic heterocycles. The van der Waals surface area contributed by atoms with E-state index in [1.54, 1.807) is 0 Å². The molecule has 3 nitrogen and oxygen atoms in total. The van der Waals surface area contributed by atoms with Gasteiger partial charge in [0.25, 0.3) is 0 Å². The third-order valence-corrected chi connectivity index (χ3v) is 3.24. The zero-order chi connectivity index (χ0) is 14.9. The van der Waals surface area contributed by atoms with Gasteiger partial charge in [-0.3, -0.25) is 4.98 Å². The van der Waals surface area contributed by atoms with Crippen LogP contribution in [0.2, 0.25) is 5.02 Å². The van der Waals surface area contributed by atoms with Gasteiger partial charge in [-0.15, -0.1) is 0 Å². The van der Waals surface area contributed by atoms with Gasteiger partial charge in [0.15, 0.2) is 0 Å². The van der Waals surface area contributed by atoms with E-state index in [4.69, 9.17) is 16.3 Å². The molecule has 4 heteroatoms. The van der Waals surface area contributed by atoms with Crippen molar-refractivity contribution in [3.63, 3.8) is 0 Å². The lowest BCUT2D eigenvalue weighted by atomic mass is 10.2. The Kier molecular flexibility index (Phi) is 6.67. The number of nitrogens with zero attached hydrogens (tertiary/aromatic N) is 1. The second kappa shape index (κ2) is 8.78. The van der Waals surface area contributed by atoms with Gasteiger partial charge in [0.2, 0.25) is 0 Å². The smallest absolute Gasteiger partial charge is 0.0892 e. The van der Waals surface area contributed by atoms with Gasteiger partial charge in [-0.2, -0.15) is 0 Å². The highest BCUT2D eigenvalue weighted by atomic mass is 35.5. The number of rotatable bonds is 8. The number of halogens is 1. The molecule has 2 aromatic rings. The van der Waals surface area contributed by atoms with E-state index >= 15 is 0 Å². The van der Waals surface area contributed by atoms with Gasteiger partial charge in [-0.25, -0.2) is 0 Å². The molecule has 21 heavy (non-hydrogen) atoms. The molecule has 0 atom stereocenters. The van der Waals surface area contributed by atoms with Crippen LogP contribution < -0.4 is 5.32 Å². The Hall–Kier alpha value is -1.42. The van der Waals surface area contributed by atoms with E-state index in [0.29, 0.717) is 13.2 Å². The molecular formula is C17H21ClN2O. The normalized spacial score (nSPS) is 10.8. The molecule has 0 aliphatic carbocycles. The lowest BCUT2D eigenvalue weighted by Gasteiger charge is -2.07. The monoisotopic (exact) mass is 304 g/mol. The maximum absolute atomic E-state index is 5.95. The molecule has 0 fully saturated rings. The van der Waals surface area contributed by atoms with Gasteiger partial charge in [0.1, 0.15) is 0 Å². The van der Waals surface area contributed by atoms with Crippen molar-refractivity contribution in [3.05, 3.63) is 64.4 Å². The first-order valence-electron chi connectivity index (χ1n) is 7.25. The minimum absolute atomic E-state index is 0.508. The highest BCUT2D eigenvalue weighted by molar-refractivity contribution is 6.30. The van der Waals surface area contributed by atoms with Crippen LogP contribution in [0.15, 0.2) is 42.5 Å². The molecule has 0 amide bonds. The molecule has 1 heterocycles.